The van der Waals surface area contributed by atoms with Gasteiger partial charge in [0.1, 0.15) is 11.6 Å². The zero-order valence-corrected chi connectivity index (χ0v) is 11.3. The molecule has 94 valence electrons. The largest absolute Gasteiger partial charge is 0.338 e. The Balaban J connectivity index is 2.18. The molecule has 18 heavy (non-hydrogen) atoms. The number of piperidine rings is 1. The minimum Gasteiger partial charge on any atom is -0.338 e. The Labute approximate surface area is 111 Å². The fourth-order valence-electron chi connectivity index (χ4n) is 2.07. The Morgan fingerprint density at radius 1 is 1.44 bits per heavy atom. The molecular formula is C14H16N2OS. The molecule has 1 aliphatic rings. The third-order valence-corrected chi connectivity index (χ3v) is 4.14. The number of thiophene rings is 1. The van der Waals surface area contributed by atoms with Crippen molar-refractivity contribution in [1.82, 2.24) is 4.90 Å². The second-order valence-corrected chi connectivity index (χ2v) is 5.44. The monoisotopic (exact) mass is 260 g/mol. The Morgan fingerprint density at radius 2 is 2.17 bits per heavy atom. The SMILES string of the molecule is Cc1ccsc1C=C(C#N)C(=O)N1CCCCC1. The van der Waals surface area contributed by atoms with Gasteiger partial charge < -0.3 is 4.90 Å². The molecule has 1 saturated heterocycles. The first-order chi connectivity index (χ1) is 8.72. The van der Waals surface area contributed by atoms with Gasteiger partial charge >= 0.3 is 0 Å². The molecule has 0 bridgehead atoms. The number of nitriles is 1. The fourth-order valence-corrected chi connectivity index (χ4v) is 2.93. The first-order valence-electron chi connectivity index (χ1n) is 6.17. The lowest BCUT2D eigenvalue weighted by atomic mass is 10.1. The predicted molar refractivity (Wildman–Crippen MR) is 73.1 cm³/mol. The van der Waals surface area contributed by atoms with E-state index in [2.05, 4.69) is 0 Å². The lowest BCUT2D eigenvalue weighted by Gasteiger charge is -2.26. The summed E-state index contributed by atoms with van der Waals surface area (Å²) in [4.78, 5) is 15.0. The van der Waals surface area contributed by atoms with E-state index in [1.54, 1.807) is 22.3 Å². The highest BCUT2D eigenvalue weighted by Gasteiger charge is 2.20. The van der Waals surface area contributed by atoms with Gasteiger partial charge in [-0.3, -0.25) is 4.79 Å². The molecule has 3 nitrogen and oxygen atoms in total. The van der Waals surface area contributed by atoms with Crippen molar-refractivity contribution >= 4 is 23.3 Å². The van der Waals surface area contributed by atoms with Crippen LogP contribution in [0.25, 0.3) is 6.08 Å². The first kappa shape index (κ1) is 12.8. The average molecular weight is 260 g/mol. The van der Waals surface area contributed by atoms with Crippen molar-refractivity contribution in [2.45, 2.75) is 26.2 Å². The molecule has 0 radical (unpaired) electrons. The van der Waals surface area contributed by atoms with Crippen molar-refractivity contribution in [2.24, 2.45) is 0 Å². The van der Waals surface area contributed by atoms with E-state index in [4.69, 9.17) is 5.26 Å². The zero-order valence-electron chi connectivity index (χ0n) is 10.5. The van der Waals surface area contributed by atoms with E-state index in [-0.39, 0.29) is 11.5 Å². The summed E-state index contributed by atoms with van der Waals surface area (Å²) in [5.41, 5.74) is 1.36. The van der Waals surface area contributed by atoms with E-state index in [0.29, 0.717) is 0 Å². The van der Waals surface area contributed by atoms with E-state index in [0.717, 1.165) is 36.4 Å². The number of hydrogen-bond donors (Lipinski definition) is 0. The van der Waals surface area contributed by atoms with E-state index >= 15 is 0 Å². The number of aryl methyl sites for hydroxylation is 1. The molecule has 0 spiro atoms. The van der Waals surface area contributed by atoms with Crippen molar-refractivity contribution in [1.29, 1.82) is 5.26 Å². The van der Waals surface area contributed by atoms with Crippen LogP contribution in [-0.4, -0.2) is 23.9 Å². The molecule has 1 aromatic heterocycles. The van der Waals surface area contributed by atoms with Crippen molar-refractivity contribution < 1.29 is 4.79 Å². The molecule has 4 heteroatoms. The maximum absolute atomic E-state index is 12.2. The molecule has 0 N–H and O–H groups in total. The molecule has 2 rings (SSSR count). The molecule has 2 heterocycles. The van der Waals surface area contributed by atoms with E-state index in [1.807, 2.05) is 24.4 Å². The molecule has 0 aromatic carbocycles. The van der Waals surface area contributed by atoms with Gasteiger partial charge in [-0.05, 0) is 49.3 Å². The number of hydrogen-bond acceptors (Lipinski definition) is 3. The molecule has 1 aliphatic heterocycles. The summed E-state index contributed by atoms with van der Waals surface area (Å²) in [5, 5.41) is 11.1. The van der Waals surface area contributed by atoms with Crippen LogP contribution < -0.4 is 0 Å². The van der Waals surface area contributed by atoms with Crippen molar-refractivity contribution in [3.8, 4) is 6.07 Å². The van der Waals surface area contributed by atoms with Gasteiger partial charge in [-0.1, -0.05) is 0 Å². The van der Waals surface area contributed by atoms with Crippen LogP contribution >= 0.6 is 11.3 Å². The van der Waals surface area contributed by atoms with E-state index in [1.165, 1.54) is 6.42 Å². The lowest BCUT2D eigenvalue weighted by molar-refractivity contribution is -0.127. The summed E-state index contributed by atoms with van der Waals surface area (Å²) in [6.45, 7) is 3.55. The number of carbonyl (C=O) groups excluding carboxylic acids is 1. The molecule has 1 aromatic rings. The van der Waals surface area contributed by atoms with E-state index in [9.17, 15) is 4.79 Å². The van der Waals surface area contributed by atoms with Crippen LogP contribution in [0.1, 0.15) is 29.7 Å². The standard InChI is InChI=1S/C14H16N2OS/c1-11-5-8-18-13(11)9-12(10-15)14(17)16-6-3-2-4-7-16/h5,8-9H,2-4,6-7H2,1H3. The van der Waals surface area contributed by atoms with Gasteiger partial charge in [-0.2, -0.15) is 5.26 Å². The fraction of sp³-hybridized carbons (Fsp3) is 0.429. The van der Waals surface area contributed by atoms with Crippen LogP contribution in [0.5, 0.6) is 0 Å². The number of nitrogens with zero attached hydrogens (tertiary/aromatic N) is 2. The average Bonchev–Trinajstić information content (AvgIpc) is 2.81. The van der Waals surface area contributed by atoms with Crippen LogP contribution in [0.3, 0.4) is 0 Å². The molecule has 0 saturated carbocycles. The summed E-state index contributed by atoms with van der Waals surface area (Å²) in [5.74, 6) is -0.120. The quantitative estimate of drug-likeness (QED) is 0.606. The van der Waals surface area contributed by atoms with Gasteiger partial charge in [0, 0.05) is 18.0 Å². The molecule has 0 atom stereocenters. The predicted octanol–water partition coefficient (Wildman–Crippen LogP) is 2.98. The van der Waals surface area contributed by atoms with Crippen LogP contribution in [-0.2, 0) is 4.79 Å². The number of rotatable bonds is 2. The molecule has 0 unspecified atom stereocenters. The third kappa shape index (κ3) is 2.80. The highest BCUT2D eigenvalue weighted by atomic mass is 32.1. The van der Waals surface area contributed by atoms with Crippen LogP contribution in [0.15, 0.2) is 17.0 Å². The van der Waals surface area contributed by atoms with Gasteiger partial charge in [-0.25, -0.2) is 0 Å². The molecular weight excluding hydrogens is 244 g/mol. The molecule has 1 fully saturated rings. The third-order valence-electron chi connectivity index (χ3n) is 3.17. The van der Waals surface area contributed by atoms with Crippen molar-refractivity contribution in [2.75, 3.05) is 13.1 Å². The maximum Gasteiger partial charge on any atom is 0.264 e. The first-order valence-corrected chi connectivity index (χ1v) is 7.05. The number of amides is 1. The smallest absolute Gasteiger partial charge is 0.264 e. The lowest BCUT2D eigenvalue weighted by Crippen LogP contribution is -2.36. The maximum atomic E-state index is 12.2. The second kappa shape index (κ2) is 5.83. The normalized spacial score (nSPS) is 16.4. The van der Waals surface area contributed by atoms with Crippen molar-refractivity contribution in [3.05, 3.63) is 27.5 Å². The summed E-state index contributed by atoms with van der Waals surface area (Å²) in [6.07, 6.45) is 4.99. The summed E-state index contributed by atoms with van der Waals surface area (Å²) in [7, 11) is 0. The van der Waals surface area contributed by atoms with Crippen molar-refractivity contribution in [3.63, 3.8) is 0 Å². The van der Waals surface area contributed by atoms with Gasteiger partial charge in [0.25, 0.3) is 5.91 Å². The van der Waals surface area contributed by atoms with Gasteiger partial charge in [0.15, 0.2) is 0 Å². The zero-order chi connectivity index (χ0) is 13.0. The summed E-state index contributed by atoms with van der Waals surface area (Å²) >= 11 is 1.56. The Morgan fingerprint density at radius 3 is 2.72 bits per heavy atom. The van der Waals surface area contributed by atoms with Crippen LogP contribution in [0.4, 0.5) is 0 Å². The highest BCUT2D eigenvalue weighted by molar-refractivity contribution is 7.11. The summed E-state index contributed by atoms with van der Waals surface area (Å²) in [6, 6.07) is 4.04. The minimum atomic E-state index is -0.120. The van der Waals surface area contributed by atoms with E-state index < -0.39 is 0 Å². The minimum absolute atomic E-state index is 0.120. The van der Waals surface area contributed by atoms with Gasteiger partial charge in [0.05, 0.1) is 0 Å². The Bertz CT molecular complexity index is 504. The van der Waals surface area contributed by atoms with Gasteiger partial charge in [-0.15, -0.1) is 11.3 Å². The summed E-state index contributed by atoms with van der Waals surface area (Å²) < 4.78 is 0. The number of carbonyl (C=O) groups is 1. The Hall–Kier alpha value is -1.60. The molecule has 0 aliphatic carbocycles. The van der Waals surface area contributed by atoms with Gasteiger partial charge in [0.2, 0.25) is 0 Å². The Kier molecular flexibility index (Phi) is 4.16. The topological polar surface area (TPSA) is 44.1 Å². The second-order valence-electron chi connectivity index (χ2n) is 4.49. The van der Waals surface area contributed by atoms with Crippen LogP contribution in [0, 0.1) is 18.3 Å². The van der Waals surface area contributed by atoms with Crippen LogP contribution in [0.2, 0.25) is 0 Å². The molecule has 1 amide bonds. The highest BCUT2D eigenvalue weighted by Crippen LogP contribution is 2.20. The number of likely N-dealkylation sites (tertiary alicyclic amines) is 1.